The summed E-state index contributed by atoms with van der Waals surface area (Å²) in [7, 11) is 1.67. The average molecular weight is 392 g/mol. The lowest BCUT2D eigenvalue weighted by atomic mass is 9.82. The molecule has 3 aliphatic heterocycles. The van der Waals surface area contributed by atoms with Crippen molar-refractivity contribution in [3.8, 4) is 16.9 Å². The summed E-state index contributed by atoms with van der Waals surface area (Å²) >= 11 is 0. The summed E-state index contributed by atoms with van der Waals surface area (Å²) in [4.78, 5) is 16.6. The van der Waals surface area contributed by atoms with Gasteiger partial charge in [0.05, 0.1) is 18.7 Å². The van der Waals surface area contributed by atoms with E-state index in [1.165, 1.54) is 0 Å². The maximum atomic E-state index is 12.4. The van der Waals surface area contributed by atoms with Gasteiger partial charge in [0.2, 0.25) is 0 Å². The molecule has 6 rings (SSSR count). The van der Waals surface area contributed by atoms with Crippen LogP contribution in [0.25, 0.3) is 11.1 Å². The molecular weight excluding hydrogens is 364 g/mol. The van der Waals surface area contributed by atoms with Crippen molar-refractivity contribution >= 4 is 6.09 Å². The van der Waals surface area contributed by atoms with Crippen LogP contribution in [0.5, 0.6) is 5.75 Å². The number of benzene rings is 2. The summed E-state index contributed by atoms with van der Waals surface area (Å²) in [6.07, 6.45) is 3.33. The number of ether oxygens (including phenoxy) is 1. The molecule has 1 unspecified atom stereocenters. The van der Waals surface area contributed by atoms with Gasteiger partial charge >= 0.3 is 6.09 Å². The normalized spacial score (nSPS) is 26.7. The molecule has 2 bridgehead atoms. The Bertz CT molecular complexity index is 881. The largest absolute Gasteiger partial charge is 0.497 e. The van der Waals surface area contributed by atoms with Gasteiger partial charge in [-0.25, -0.2) is 4.79 Å². The van der Waals surface area contributed by atoms with Crippen molar-refractivity contribution in [2.45, 2.75) is 37.3 Å². The van der Waals surface area contributed by atoms with Crippen LogP contribution in [0.15, 0.2) is 48.5 Å². The fourth-order valence-electron chi connectivity index (χ4n) is 5.41. The third kappa shape index (κ3) is 3.18. The Morgan fingerprint density at radius 1 is 1.03 bits per heavy atom. The molecule has 4 fully saturated rings. The van der Waals surface area contributed by atoms with Crippen molar-refractivity contribution in [1.29, 1.82) is 0 Å². The number of carbonyl (C=O) groups is 1. The molecule has 3 saturated heterocycles. The van der Waals surface area contributed by atoms with Gasteiger partial charge in [-0.05, 0) is 73.5 Å². The predicted molar refractivity (Wildman–Crippen MR) is 112 cm³/mol. The molecule has 5 nitrogen and oxygen atoms in total. The van der Waals surface area contributed by atoms with Crippen molar-refractivity contribution < 1.29 is 14.6 Å². The maximum Gasteiger partial charge on any atom is 0.408 e. The highest BCUT2D eigenvalue weighted by atomic mass is 16.5. The van der Waals surface area contributed by atoms with Crippen molar-refractivity contribution in [3.05, 3.63) is 54.1 Å². The first-order chi connectivity index (χ1) is 14.1. The minimum Gasteiger partial charge on any atom is -0.497 e. The van der Waals surface area contributed by atoms with Gasteiger partial charge in [-0.15, -0.1) is 0 Å². The van der Waals surface area contributed by atoms with E-state index in [9.17, 15) is 9.90 Å². The zero-order valence-electron chi connectivity index (χ0n) is 16.9. The van der Waals surface area contributed by atoms with Crippen molar-refractivity contribution in [2.75, 3.05) is 26.7 Å². The van der Waals surface area contributed by atoms with E-state index in [0.717, 1.165) is 67.8 Å². The number of fused-ring (bicyclic) bond motifs is 3. The number of nitrogens with zero attached hydrogens (tertiary/aromatic N) is 2. The highest BCUT2D eigenvalue weighted by Crippen LogP contribution is 2.54. The number of hydrogen-bond acceptors (Lipinski definition) is 3. The molecule has 1 atom stereocenters. The first-order valence-electron chi connectivity index (χ1n) is 10.6. The van der Waals surface area contributed by atoms with Gasteiger partial charge in [-0.2, -0.15) is 0 Å². The Morgan fingerprint density at radius 3 is 2.07 bits per heavy atom. The smallest absolute Gasteiger partial charge is 0.408 e. The highest BCUT2D eigenvalue weighted by molar-refractivity contribution is 5.69. The van der Waals surface area contributed by atoms with Crippen LogP contribution in [0.1, 0.15) is 31.2 Å². The molecule has 0 aromatic heterocycles. The molecule has 1 N–H and O–H groups in total. The number of carboxylic acid groups (broad SMARTS) is 1. The van der Waals surface area contributed by atoms with Crippen molar-refractivity contribution in [3.63, 3.8) is 0 Å². The summed E-state index contributed by atoms with van der Waals surface area (Å²) in [5, 5.41) is 10.2. The molecule has 1 aliphatic carbocycles. The second-order valence-corrected chi connectivity index (χ2v) is 8.70. The van der Waals surface area contributed by atoms with Crippen LogP contribution in [-0.4, -0.2) is 53.8 Å². The van der Waals surface area contributed by atoms with Crippen LogP contribution in [0.4, 0.5) is 4.79 Å². The second-order valence-electron chi connectivity index (χ2n) is 8.70. The number of rotatable bonds is 5. The molecule has 3 heterocycles. The molecule has 152 valence electrons. The lowest BCUT2D eigenvalue weighted by molar-refractivity contribution is -0.0131. The molecular formula is C24H28N2O3. The minimum absolute atomic E-state index is 0.124. The Hall–Kier alpha value is -2.53. The summed E-state index contributed by atoms with van der Waals surface area (Å²) in [5.74, 6) is 1.35. The van der Waals surface area contributed by atoms with Gasteiger partial charge in [0.1, 0.15) is 5.75 Å². The van der Waals surface area contributed by atoms with Gasteiger partial charge in [-0.1, -0.05) is 36.4 Å². The first-order valence-corrected chi connectivity index (χ1v) is 10.6. The van der Waals surface area contributed by atoms with Gasteiger partial charge < -0.3 is 14.7 Å². The molecule has 5 heteroatoms. The molecule has 0 radical (unpaired) electrons. The Balaban J connectivity index is 1.42. The number of amides is 1. The van der Waals surface area contributed by atoms with Crippen molar-refractivity contribution in [2.24, 2.45) is 5.92 Å². The van der Waals surface area contributed by atoms with Gasteiger partial charge in [-0.3, -0.25) is 4.90 Å². The Morgan fingerprint density at radius 2 is 1.62 bits per heavy atom. The summed E-state index contributed by atoms with van der Waals surface area (Å²) in [6.45, 7) is 3.14. The monoisotopic (exact) mass is 392 g/mol. The predicted octanol–water partition coefficient (Wildman–Crippen LogP) is 4.43. The van der Waals surface area contributed by atoms with E-state index < -0.39 is 6.09 Å². The zero-order valence-corrected chi connectivity index (χ0v) is 16.9. The maximum absolute atomic E-state index is 12.4. The van der Waals surface area contributed by atoms with E-state index in [4.69, 9.17) is 4.74 Å². The molecule has 2 aromatic rings. The van der Waals surface area contributed by atoms with Crippen LogP contribution in [0.3, 0.4) is 0 Å². The van der Waals surface area contributed by atoms with Crippen LogP contribution in [0.2, 0.25) is 0 Å². The third-order valence-electron chi connectivity index (χ3n) is 7.19. The van der Waals surface area contributed by atoms with Crippen molar-refractivity contribution in [1.82, 2.24) is 9.80 Å². The number of methoxy groups -OCH3 is 1. The summed E-state index contributed by atoms with van der Waals surface area (Å²) in [5.41, 5.74) is 3.06. The van der Waals surface area contributed by atoms with Gasteiger partial charge in [0.15, 0.2) is 0 Å². The molecule has 29 heavy (non-hydrogen) atoms. The van der Waals surface area contributed by atoms with E-state index >= 15 is 0 Å². The fraction of sp³-hybridized carbons (Fsp3) is 0.458. The Kier molecular flexibility index (Phi) is 4.50. The van der Waals surface area contributed by atoms with Gasteiger partial charge in [0.25, 0.3) is 0 Å². The van der Waals surface area contributed by atoms with Crippen LogP contribution in [-0.2, 0) is 5.54 Å². The van der Waals surface area contributed by atoms with E-state index in [1.807, 2.05) is 17.0 Å². The van der Waals surface area contributed by atoms with E-state index in [0.29, 0.717) is 5.92 Å². The second kappa shape index (κ2) is 7.06. The summed E-state index contributed by atoms with van der Waals surface area (Å²) < 4.78 is 5.24. The number of hydrogen-bond donors (Lipinski definition) is 1. The molecule has 1 amide bonds. The quantitative estimate of drug-likeness (QED) is 0.818. The van der Waals surface area contributed by atoms with E-state index in [2.05, 4.69) is 41.3 Å². The SMILES string of the molecule is COc1ccc(-c2ccc(C3(N(C(=O)O)C4CN5CCC4CC5)CC3)cc2)cc1. The Labute approximate surface area is 171 Å². The van der Waals surface area contributed by atoms with E-state index in [1.54, 1.807) is 7.11 Å². The van der Waals surface area contributed by atoms with Crippen LogP contribution < -0.4 is 4.74 Å². The molecule has 4 aliphatic rings. The minimum atomic E-state index is -0.763. The van der Waals surface area contributed by atoms with E-state index in [-0.39, 0.29) is 11.6 Å². The lowest BCUT2D eigenvalue weighted by Gasteiger charge is -2.50. The van der Waals surface area contributed by atoms with Gasteiger partial charge in [0, 0.05) is 6.54 Å². The molecule has 0 spiro atoms. The lowest BCUT2D eigenvalue weighted by Crippen LogP contribution is -2.61. The molecule has 1 saturated carbocycles. The standard InChI is InChI=1S/C24H28N2O3/c1-29-21-8-4-18(5-9-21)17-2-6-20(7-3-17)24(12-13-24)26(23(27)28)22-16-25-14-10-19(22)11-15-25/h2-9,19,22H,10-16H2,1H3,(H,27,28). The van der Waals surface area contributed by atoms with Crippen LogP contribution >= 0.6 is 0 Å². The zero-order chi connectivity index (χ0) is 20.0. The molecule has 2 aromatic carbocycles. The third-order valence-corrected chi connectivity index (χ3v) is 7.19. The topological polar surface area (TPSA) is 53.0 Å². The highest BCUT2D eigenvalue weighted by Gasteiger charge is 2.56. The fourth-order valence-corrected chi connectivity index (χ4v) is 5.41. The van der Waals surface area contributed by atoms with Crippen LogP contribution in [0, 0.1) is 5.92 Å². The summed E-state index contributed by atoms with van der Waals surface area (Å²) in [6, 6.07) is 16.7. The first kappa shape index (κ1) is 18.5. The average Bonchev–Trinajstić information content (AvgIpc) is 3.56. The number of piperidine rings is 3.